The minimum Gasteiger partial charge on any atom is -0.374 e. The summed E-state index contributed by atoms with van der Waals surface area (Å²) in [6.07, 6.45) is 2.97. The zero-order valence-corrected chi connectivity index (χ0v) is 8.99. The Hall–Kier alpha value is -1.08. The van der Waals surface area contributed by atoms with Gasteiger partial charge < -0.3 is 4.74 Å². The van der Waals surface area contributed by atoms with Crippen LogP contribution in [-0.4, -0.2) is 6.61 Å². The fourth-order valence-corrected chi connectivity index (χ4v) is 1.35. The SMILES string of the molecule is C=CCCOC(C)c1cccc(C)c1. The van der Waals surface area contributed by atoms with Crippen LogP contribution < -0.4 is 0 Å². The second-order valence-corrected chi connectivity index (χ2v) is 3.50. The van der Waals surface area contributed by atoms with Crippen LogP contribution in [0.4, 0.5) is 0 Å². The third-order valence-electron chi connectivity index (χ3n) is 2.20. The Balaban J connectivity index is 2.51. The molecular formula is C13H18O. The van der Waals surface area contributed by atoms with Gasteiger partial charge in [0.2, 0.25) is 0 Å². The van der Waals surface area contributed by atoms with Crippen LogP contribution in [0.25, 0.3) is 0 Å². The van der Waals surface area contributed by atoms with Crippen molar-refractivity contribution in [2.75, 3.05) is 6.61 Å². The minimum atomic E-state index is 0.176. The van der Waals surface area contributed by atoms with Gasteiger partial charge in [0, 0.05) is 0 Å². The van der Waals surface area contributed by atoms with E-state index in [4.69, 9.17) is 4.74 Å². The summed E-state index contributed by atoms with van der Waals surface area (Å²) >= 11 is 0. The van der Waals surface area contributed by atoms with Gasteiger partial charge in [0.05, 0.1) is 12.7 Å². The second-order valence-electron chi connectivity index (χ2n) is 3.50. The molecule has 1 nitrogen and oxygen atoms in total. The Morgan fingerprint density at radius 1 is 1.50 bits per heavy atom. The van der Waals surface area contributed by atoms with Gasteiger partial charge in [-0.25, -0.2) is 0 Å². The normalized spacial score (nSPS) is 12.4. The molecular weight excluding hydrogens is 172 g/mol. The van der Waals surface area contributed by atoms with Gasteiger partial charge in [0.25, 0.3) is 0 Å². The highest BCUT2D eigenvalue weighted by Crippen LogP contribution is 2.17. The molecule has 76 valence electrons. The maximum absolute atomic E-state index is 5.65. The molecule has 0 saturated carbocycles. The third-order valence-corrected chi connectivity index (χ3v) is 2.20. The number of aryl methyl sites for hydroxylation is 1. The third kappa shape index (κ3) is 3.35. The molecule has 0 radical (unpaired) electrons. The average Bonchev–Trinajstić information content (AvgIpc) is 2.18. The largest absolute Gasteiger partial charge is 0.374 e. The monoisotopic (exact) mass is 190 g/mol. The fraction of sp³-hybridized carbons (Fsp3) is 0.385. The molecule has 0 aliphatic heterocycles. The van der Waals surface area contributed by atoms with Crippen LogP contribution in [0, 0.1) is 6.92 Å². The molecule has 14 heavy (non-hydrogen) atoms. The summed E-state index contributed by atoms with van der Waals surface area (Å²) in [5.74, 6) is 0. The molecule has 1 aromatic rings. The van der Waals surface area contributed by atoms with Crippen molar-refractivity contribution in [1.29, 1.82) is 0 Å². The summed E-state index contributed by atoms with van der Waals surface area (Å²) in [5.41, 5.74) is 2.52. The molecule has 0 aromatic heterocycles. The van der Waals surface area contributed by atoms with Gasteiger partial charge in [-0.15, -0.1) is 6.58 Å². The maximum atomic E-state index is 5.65. The first-order valence-electron chi connectivity index (χ1n) is 5.03. The van der Waals surface area contributed by atoms with Crippen LogP contribution in [-0.2, 0) is 4.74 Å². The summed E-state index contributed by atoms with van der Waals surface area (Å²) in [7, 11) is 0. The lowest BCUT2D eigenvalue weighted by Crippen LogP contribution is -2.01. The Kier molecular flexibility index (Phi) is 4.41. The molecule has 0 heterocycles. The molecule has 1 heteroatoms. The molecule has 1 aromatic carbocycles. The highest BCUT2D eigenvalue weighted by Gasteiger charge is 2.04. The van der Waals surface area contributed by atoms with E-state index in [-0.39, 0.29) is 6.10 Å². The summed E-state index contributed by atoms with van der Waals surface area (Å²) in [5, 5.41) is 0. The van der Waals surface area contributed by atoms with Crippen molar-refractivity contribution in [3.8, 4) is 0 Å². The van der Waals surface area contributed by atoms with Gasteiger partial charge in [0.1, 0.15) is 0 Å². The van der Waals surface area contributed by atoms with Gasteiger partial charge in [-0.05, 0) is 25.8 Å². The highest BCUT2D eigenvalue weighted by atomic mass is 16.5. The van der Waals surface area contributed by atoms with E-state index in [0.29, 0.717) is 0 Å². The van der Waals surface area contributed by atoms with Gasteiger partial charge in [-0.1, -0.05) is 35.9 Å². The topological polar surface area (TPSA) is 9.23 Å². The number of benzene rings is 1. The van der Waals surface area contributed by atoms with Crippen molar-refractivity contribution in [1.82, 2.24) is 0 Å². The van der Waals surface area contributed by atoms with Crippen LogP contribution in [0.3, 0.4) is 0 Å². The lowest BCUT2D eigenvalue weighted by Gasteiger charge is -2.13. The van der Waals surface area contributed by atoms with Crippen LogP contribution in [0.2, 0.25) is 0 Å². The first-order chi connectivity index (χ1) is 6.74. The van der Waals surface area contributed by atoms with Gasteiger partial charge in [0.15, 0.2) is 0 Å². The molecule has 1 atom stereocenters. The Bertz CT molecular complexity index is 291. The molecule has 1 unspecified atom stereocenters. The van der Waals surface area contributed by atoms with E-state index >= 15 is 0 Å². The predicted molar refractivity (Wildman–Crippen MR) is 60.4 cm³/mol. The molecule has 0 fully saturated rings. The summed E-state index contributed by atoms with van der Waals surface area (Å²) in [4.78, 5) is 0. The van der Waals surface area contributed by atoms with Crippen molar-refractivity contribution in [2.45, 2.75) is 26.4 Å². The van der Waals surface area contributed by atoms with E-state index in [0.717, 1.165) is 13.0 Å². The predicted octanol–water partition coefficient (Wildman–Crippen LogP) is 3.65. The zero-order chi connectivity index (χ0) is 10.4. The summed E-state index contributed by atoms with van der Waals surface area (Å²) in [6.45, 7) is 8.59. The van der Waals surface area contributed by atoms with Crippen molar-refractivity contribution < 1.29 is 4.74 Å². The van der Waals surface area contributed by atoms with Crippen molar-refractivity contribution in [3.63, 3.8) is 0 Å². The van der Waals surface area contributed by atoms with Gasteiger partial charge >= 0.3 is 0 Å². The number of hydrogen-bond donors (Lipinski definition) is 0. The molecule has 0 amide bonds. The lowest BCUT2D eigenvalue weighted by molar-refractivity contribution is 0.0693. The summed E-state index contributed by atoms with van der Waals surface area (Å²) in [6, 6.07) is 8.43. The fourth-order valence-electron chi connectivity index (χ4n) is 1.35. The second kappa shape index (κ2) is 5.61. The first kappa shape index (κ1) is 11.0. The van der Waals surface area contributed by atoms with E-state index < -0.39 is 0 Å². The number of hydrogen-bond acceptors (Lipinski definition) is 1. The van der Waals surface area contributed by atoms with E-state index in [1.165, 1.54) is 11.1 Å². The van der Waals surface area contributed by atoms with Crippen molar-refractivity contribution in [3.05, 3.63) is 48.0 Å². The molecule has 1 rings (SSSR count). The smallest absolute Gasteiger partial charge is 0.0797 e. The highest BCUT2D eigenvalue weighted by molar-refractivity contribution is 5.23. The summed E-state index contributed by atoms with van der Waals surface area (Å²) < 4.78 is 5.65. The Labute approximate surface area is 86.4 Å². The Morgan fingerprint density at radius 2 is 2.29 bits per heavy atom. The average molecular weight is 190 g/mol. The van der Waals surface area contributed by atoms with Crippen LogP contribution in [0.5, 0.6) is 0 Å². The van der Waals surface area contributed by atoms with Crippen molar-refractivity contribution >= 4 is 0 Å². The first-order valence-corrected chi connectivity index (χ1v) is 5.03. The van der Waals surface area contributed by atoms with E-state index in [1.807, 2.05) is 6.08 Å². The molecule has 0 aliphatic rings. The molecule has 0 bridgehead atoms. The van der Waals surface area contributed by atoms with E-state index in [2.05, 4.69) is 44.7 Å². The maximum Gasteiger partial charge on any atom is 0.0797 e. The Morgan fingerprint density at radius 3 is 2.93 bits per heavy atom. The van der Waals surface area contributed by atoms with E-state index in [9.17, 15) is 0 Å². The van der Waals surface area contributed by atoms with Gasteiger partial charge in [-0.3, -0.25) is 0 Å². The van der Waals surface area contributed by atoms with Crippen LogP contribution in [0.1, 0.15) is 30.6 Å². The molecule has 0 N–H and O–H groups in total. The van der Waals surface area contributed by atoms with Crippen LogP contribution >= 0.6 is 0 Å². The standard InChI is InChI=1S/C13H18O/c1-4-5-9-14-12(3)13-8-6-7-11(2)10-13/h4,6-8,10,12H,1,5,9H2,2-3H3. The quantitative estimate of drug-likeness (QED) is 0.508. The molecule has 0 aliphatic carbocycles. The molecule has 0 spiro atoms. The number of rotatable bonds is 5. The lowest BCUT2D eigenvalue weighted by atomic mass is 10.1. The minimum absolute atomic E-state index is 0.176. The molecule has 0 saturated heterocycles. The van der Waals surface area contributed by atoms with E-state index in [1.54, 1.807) is 0 Å². The number of ether oxygens (including phenoxy) is 1. The van der Waals surface area contributed by atoms with Crippen molar-refractivity contribution in [2.24, 2.45) is 0 Å². The zero-order valence-electron chi connectivity index (χ0n) is 8.99. The van der Waals surface area contributed by atoms with Crippen LogP contribution in [0.15, 0.2) is 36.9 Å². The van der Waals surface area contributed by atoms with Gasteiger partial charge in [-0.2, -0.15) is 0 Å².